The number of carbonyl (C=O) groups is 2. The molecule has 172 valence electrons. The molecule has 35 heavy (non-hydrogen) atoms. The summed E-state index contributed by atoms with van der Waals surface area (Å²) in [5, 5.41) is 18.3. The number of hydrogen-bond acceptors (Lipinski definition) is 7. The van der Waals surface area contributed by atoms with E-state index in [9.17, 15) is 14.7 Å². The van der Waals surface area contributed by atoms with E-state index in [4.69, 9.17) is 5.11 Å². The van der Waals surface area contributed by atoms with Crippen molar-refractivity contribution < 1.29 is 44.8 Å². The second-order valence-corrected chi connectivity index (χ2v) is 7.17. The first-order chi connectivity index (χ1) is 16.1. The topological polar surface area (TPSA) is 110 Å². The Morgan fingerprint density at radius 2 is 1.23 bits per heavy atom. The van der Waals surface area contributed by atoms with Gasteiger partial charge in [0.1, 0.15) is 0 Å². The molecule has 7 nitrogen and oxygen atoms in total. The van der Waals surface area contributed by atoms with Crippen molar-refractivity contribution in [2.24, 2.45) is 0 Å². The molecule has 0 bridgehead atoms. The number of benzene rings is 2. The van der Waals surface area contributed by atoms with Crippen LogP contribution in [0.1, 0.15) is 33.3 Å². The number of ether oxygens (including phenoxy) is 1. The molecule has 0 amide bonds. The Hall–Kier alpha value is -3.07. The van der Waals surface area contributed by atoms with E-state index in [2.05, 4.69) is 14.7 Å². The molecule has 0 unspecified atom stereocenters. The second-order valence-electron chi connectivity index (χ2n) is 7.17. The van der Waals surface area contributed by atoms with Crippen LogP contribution in [-0.4, -0.2) is 49.5 Å². The molecule has 9 heteroatoms. The molecule has 0 spiro atoms. The van der Waals surface area contributed by atoms with Crippen LogP contribution in [0.4, 0.5) is 0 Å². The van der Waals surface area contributed by atoms with Crippen molar-refractivity contribution in [1.29, 1.82) is 0 Å². The number of esters is 2. The Labute approximate surface area is 226 Å². The molecule has 5 rings (SSSR count). The molecule has 1 aliphatic rings. The van der Waals surface area contributed by atoms with E-state index in [1.807, 2.05) is 54.6 Å². The summed E-state index contributed by atoms with van der Waals surface area (Å²) in [6, 6.07) is 21.7. The van der Waals surface area contributed by atoms with E-state index in [1.165, 1.54) is 0 Å². The molecule has 0 fully saturated rings. The summed E-state index contributed by atoms with van der Waals surface area (Å²) in [5.74, 6) is -1.18. The smallest absolute Gasteiger partial charge is 1.00 e. The fraction of sp³-hybridized carbons (Fsp3) is 0.0769. The Morgan fingerprint density at radius 3 is 1.77 bits per heavy atom. The quantitative estimate of drug-likeness (QED) is 0.236. The predicted molar refractivity (Wildman–Crippen MR) is 132 cm³/mol. The summed E-state index contributed by atoms with van der Waals surface area (Å²) in [5.41, 5.74) is 5.46. The number of cyclic esters (lactones) is 2. The van der Waals surface area contributed by atoms with Gasteiger partial charge in [0.25, 0.3) is 0 Å². The molecular weight excluding hydrogens is 454 g/mol. The van der Waals surface area contributed by atoms with Crippen LogP contribution in [0.3, 0.4) is 0 Å². The van der Waals surface area contributed by atoms with Gasteiger partial charge in [-0.15, -0.1) is 0 Å². The third-order valence-electron chi connectivity index (χ3n) is 5.11. The molecule has 0 saturated carbocycles. The van der Waals surface area contributed by atoms with Gasteiger partial charge in [0.05, 0.1) is 35.7 Å². The molecule has 2 aromatic heterocycles. The van der Waals surface area contributed by atoms with Crippen LogP contribution in [0.15, 0.2) is 85.2 Å². The summed E-state index contributed by atoms with van der Waals surface area (Å²) in [6.45, 7) is -0.130. The van der Waals surface area contributed by atoms with Crippen molar-refractivity contribution in [3.05, 3.63) is 107 Å². The molecule has 2 aromatic carbocycles. The van der Waals surface area contributed by atoms with Gasteiger partial charge < -0.3 is 16.4 Å². The number of aromatic nitrogens is 2. The van der Waals surface area contributed by atoms with Crippen molar-refractivity contribution >= 4 is 29.3 Å². The molecule has 1 aliphatic heterocycles. The fourth-order valence-corrected chi connectivity index (χ4v) is 3.40. The van der Waals surface area contributed by atoms with E-state index in [1.54, 1.807) is 30.6 Å². The maximum Gasteiger partial charge on any atom is 1.00 e. The third kappa shape index (κ3) is 6.54. The normalized spacial score (nSPS) is 11.3. The largest absolute Gasteiger partial charge is 1.00 e. The van der Waals surface area contributed by atoms with Crippen LogP contribution in [0, 0.1) is 0 Å². The Balaban J connectivity index is 0.000000333. The molecule has 4 aromatic rings. The number of pyridine rings is 2. The Morgan fingerprint density at radius 1 is 0.686 bits per heavy atom. The van der Waals surface area contributed by atoms with Gasteiger partial charge in [-0.3, -0.25) is 9.97 Å². The van der Waals surface area contributed by atoms with Crippen LogP contribution in [0.25, 0.3) is 22.5 Å². The number of nitrogens with zero attached hydrogens (tertiary/aromatic N) is 2. The number of fused-ring (bicyclic) bond motifs is 1. The first-order valence-corrected chi connectivity index (χ1v) is 10.2. The van der Waals surface area contributed by atoms with E-state index >= 15 is 0 Å². The average Bonchev–Trinajstić information content (AvgIpc) is 3.17. The molecule has 2 N–H and O–H groups in total. The van der Waals surface area contributed by atoms with Crippen molar-refractivity contribution in [3.8, 4) is 22.5 Å². The van der Waals surface area contributed by atoms with Crippen LogP contribution in [-0.2, 0) is 18.0 Å². The molecule has 0 radical (unpaired) electrons. The maximum atomic E-state index is 11.4. The van der Waals surface area contributed by atoms with Gasteiger partial charge in [0.15, 0.2) is 17.4 Å². The van der Waals surface area contributed by atoms with Gasteiger partial charge in [0.2, 0.25) is 0 Å². The maximum absolute atomic E-state index is 11.4. The SMILES string of the molecule is O=C1OC(=O)c2cc(-c3ccccn3)ccc21.OCc1ccc(-c2ccccn2)cc1CO.[AlH3].[H-].[Li+]. The summed E-state index contributed by atoms with van der Waals surface area (Å²) >= 11 is 0. The van der Waals surface area contributed by atoms with Crippen molar-refractivity contribution in [1.82, 2.24) is 9.97 Å². The van der Waals surface area contributed by atoms with Crippen LogP contribution in [0.2, 0.25) is 0 Å². The fourth-order valence-electron chi connectivity index (χ4n) is 3.40. The van der Waals surface area contributed by atoms with E-state index in [-0.39, 0.29) is 50.9 Å². The van der Waals surface area contributed by atoms with E-state index in [0.29, 0.717) is 11.1 Å². The number of hydrogen-bond donors (Lipinski definition) is 2. The monoisotopic (exact) mass is 478 g/mol. The van der Waals surface area contributed by atoms with Gasteiger partial charge in [-0.2, -0.15) is 0 Å². The molecule has 0 saturated heterocycles. The molecule has 3 heterocycles. The average molecular weight is 478 g/mol. The first-order valence-electron chi connectivity index (χ1n) is 10.2. The number of rotatable bonds is 4. The minimum Gasteiger partial charge on any atom is -1.00 e. The third-order valence-corrected chi connectivity index (χ3v) is 5.11. The van der Waals surface area contributed by atoms with E-state index in [0.717, 1.165) is 33.6 Å². The summed E-state index contributed by atoms with van der Waals surface area (Å²) in [4.78, 5) is 31.1. The Bertz CT molecular complexity index is 1310. The zero-order chi connectivity index (χ0) is 23.2. The second kappa shape index (κ2) is 13.1. The van der Waals surface area contributed by atoms with Crippen LogP contribution >= 0.6 is 0 Å². The summed E-state index contributed by atoms with van der Waals surface area (Å²) in [7, 11) is 0. The molecular formula is C26H24AlLiN2O5. The summed E-state index contributed by atoms with van der Waals surface area (Å²) < 4.78 is 4.52. The Kier molecular flexibility index (Phi) is 10.6. The van der Waals surface area contributed by atoms with Gasteiger partial charge in [-0.1, -0.05) is 30.3 Å². The minimum absolute atomic E-state index is 0. The van der Waals surface area contributed by atoms with Gasteiger partial charge in [0, 0.05) is 23.5 Å². The van der Waals surface area contributed by atoms with Crippen molar-refractivity contribution in [3.63, 3.8) is 0 Å². The van der Waals surface area contributed by atoms with Gasteiger partial charge >= 0.3 is 30.8 Å². The van der Waals surface area contributed by atoms with Crippen LogP contribution < -0.4 is 18.9 Å². The zero-order valence-electron chi connectivity index (χ0n) is 19.5. The minimum atomic E-state index is -0.595. The molecule has 0 atom stereocenters. The number of aliphatic hydroxyl groups is 2. The van der Waals surface area contributed by atoms with Crippen molar-refractivity contribution in [2.75, 3.05) is 0 Å². The zero-order valence-corrected chi connectivity index (χ0v) is 18.5. The standard InChI is InChI=1S/C13H7NO3.C13H13NO2.Al.Li.4H/c15-12-9-5-4-8(7-10(9)13(16)17-12)11-3-1-2-6-14-11;15-8-11-5-4-10(7-12(11)9-16)13-3-1-2-6-14-13;;;;;;/h1-7H;1-7,15-16H,8-9H2;;;;;;/q;;;+1;;;;-1. The van der Waals surface area contributed by atoms with Crippen LogP contribution in [0.5, 0.6) is 0 Å². The van der Waals surface area contributed by atoms with E-state index < -0.39 is 11.9 Å². The summed E-state index contributed by atoms with van der Waals surface area (Å²) in [6.07, 6.45) is 3.40. The van der Waals surface area contributed by atoms with Gasteiger partial charge in [-0.25, -0.2) is 9.59 Å². The predicted octanol–water partition coefficient (Wildman–Crippen LogP) is -0.275. The first kappa shape index (κ1) is 28.2. The van der Waals surface area contributed by atoms with Crippen molar-refractivity contribution in [2.45, 2.75) is 13.2 Å². The molecule has 0 aliphatic carbocycles. The number of aliphatic hydroxyl groups excluding tert-OH is 2. The number of carbonyl (C=O) groups excluding carboxylic acids is 2. The van der Waals surface area contributed by atoms with Gasteiger partial charge in [-0.05, 0) is 53.6 Å².